The molecule has 5 heteroatoms. The maximum absolute atomic E-state index is 13.4. The van der Waals surface area contributed by atoms with Crippen molar-refractivity contribution < 1.29 is 9.18 Å². The Morgan fingerprint density at radius 1 is 1.15 bits per heavy atom. The van der Waals surface area contributed by atoms with Crippen LogP contribution in [0.15, 0.2) is 28.9 Å². The minimum atomic E-state index is -0.344. The molecule has 0 radical (unpaired) electrons. The summed E-state index contributed by atoms with van der Waals surface area (Å²) in [6.45, 7) is 0. The van der Waals surface area contributed by atoms with Gasteiger partial charge in [-0.15, -0.1) is 0 Å². The van der Waals surface area contributed by atoms with Gasteiger partial charge in [0.25, 0.3) is 0 Å². The zero-order valence-electron chi connectivity index (χ0n) is 10.7. The third-order valence-electron chi connectivity index (χ3n) is 3.36. The monoisotopic (exact) mass is 334 g/mol. The van der Waals surface area contributed by atoms with Crippen LogP contribution in [0.2, 0.25) is 0 Å². The van der Waals surface area contributed by atoms with Crippen LogP contribution in [0.1, 0.15) is 35.3 Å². The first-order valence-corrected chi connectivity index (χ1v) is 7.28. The Morgan fingerprint density at radius 2 is 1.95 bits per heavy atom. The second-order valence-electron chi connectivity index (χ2n) is 4.84. The van der Waals surface area contributed by atoms with Crippen molar-refractivity contribution in [1.82, 2.24) is 9.97 Å². The zero-order chi connectivity index (χ0) is 14.1. The van der Waals surface area contributed by atoms with E-state index in [0.717, 1.165) is 25.0 Å². The van der Waals surface area contributed by atoms with Crippen LogP contribution in [0, 0.1) is 5.82 Å². The van der Waals surface area contributed by atoms with E-state index in [0.29, 0.717) is 27.8 Å². The molecule has 20 heavy (non-hydrogen) atoms. The number of halogens is 2. The van der Waals surface area contributed by atoms with Crippen molar-refractivity contribution in [3.63, 3.8) is 0 Å². The molecule has 1 aliphatic carbocycles. The number of aromatic nitrogens is 2. The Labute approximate surface area is 124 Å². The Kier molecular flexibility index (Phi) is 3.61. The number of carbonyl (C=O) groups is 1. The molecule has 0 saturated carbocycles. The number of fused-ring (bicyclic) bond motifs is 1. The summed E-state index contributed by atoms with van der Waals surface area (Å²) in [5.41, 5.74) is 2.00. The average Bonchev–Trinajstić information content (AvgIpc) is 2.59. The van der Waals surface area contributed by atoms with Gasteiger partial charge in [-0.3, -0.25) is 4.79 Å². The van der Waals surface area contributed by atoms with E-state index < -0.39 is 0 Å². The van der Waals surface area contributed by atoms with Gasteiger partial charge in [-0.25, -0.2) is 14.4 Å². The van der Waals surface area contributed by atoms with E-state index in [1.54, 1.807) is 12.3 Å². The highest BCUT2D eigenvalue weighted by molar-refractivity contribution is 9.10. The highest BCUT2D eigenvalue weighted by atomic mass is 79.9. The summed E-state index contributed by atoms with van der Waals surface area (Å²) in [6, 6.07) is 4.55. The van der Waals surface area contributed by atoms with Crippen molar-refractivity contribution in [3.8, 4) is 11.4 Å². The second-order valence-corrected chi connectivity index (χ2v) is 5.76. The topological polar surface area (TPSA) is 42.9 Å². The first-order valence-electron chi connectivity index (χ1n) is 6.49. The fraction of sp³-hybridized carbons (Fsp3) is 0.267. The molecule has 0 unspecified atom stereocenters. The zero-order valence-corrected chi connectivity index (χ0v) is 12.3. The van der Waals surface area contributed by atoms with Gasteiger partial charge in [-0.05, 0) is 37.5 Å². The van der Waals surface area contributed by atoms with Gasteiger partial charge in [0.05, 0.1) is 11.3 Å². The fourth-order valence-corrected chi connectivity index (χ4v) is 2.84. The number of hydrogen-bond donors (Lipinski definition) is 0. The highest BCUT2D eigenvalue weighted by Crippen LogP contribution is 2.25. The standard InChI is InChI=1S/C15H12BrFN2O/c16-10-5-9(6-11(17)7-10)15-18-8-12-13(19-15)3-1-2-4-14(12)20/h5-8H,1-4H2. The summed E-state index contributed by atoms with van der Waals surface area (Å²) in [7, 11) is 0. The smallest absolute Gasteiger partial charge is 0.166 e. The van der Waals surface area contributed by atoms with Crippen LogP contribution >= 0.6 is 15.9 Å². The van der Waals surface area contributed by atoms with Crippen LogP contribution in [-0.4, -0.2) is 15.8 Å². The quantitative estimate of drug-likeness (QED) is 0.741. The molecule has 102 valence electrons. The summed E-state index contributed by atoms with van der Waals surface area (Å²) in [6.07, 6.45) is 4.73. The normalized spacial score (nSPS) is 14.8. The SMILES string of the molecule is O=C1CCCCc2nc(-c3cc(F)cc(Br)c3)ncc21. The van der Waals surface area contributed by atoms with Gasteiger partial charge < -0.3 is 0 Å². The number of ketones is 1. The van der Waals surface area contributed by atoms with E-state index in [9.17, 15) is 9.18 Å². The first kappa shape index (κ1) is 13.4. The lowest BCUT2D eigenvalue weighted by molar-refractivity contribution is 0.0981. The van der Waals surface area contributed by atoms with Crippen molar-refractivity contribution >= 4 is 21.7 Å². The largest absolute Gasteiger partial charge is 0.294 e. The summed E-state index contributed by atoms with van der Waals surface area (Å²) in [5.74, 6) is 0.215. The maximum Gasteiger partial charge on any atom is 0.166 e. The van der Waals surface area contributed by atoms with Crippen molar-refractivity contribution in [2.24, 2.45) is 0 Å². The van der Waals surface area contributed by atoms with Gasteiger partial charge >= 0.3 is 0 Å². The Morgan fingerprint density at radius 3 is 2.75 bits per heavy atom. The Balaban J connectivity index is 2.07. The lowest BCUT2D eigenvalue weighted by atomic mass is 10.1. The van der Waals surface area contributed by atoms with Gasteiger partial charge in [-0.1, -0.05) is 15.9 Å². The number of nitrogens with zero attached hydrogens (tertiary/aromatic N) is 2. The molecule has 0 N–H and O–H groups in total. The number of carbonyl (C=O) groups excluding carboxylic acids is 1. The molecule has 0 spiro atoms. The molecule has 0 atom stereocenters. The number of Topliss-reactive ketones (excluding diaryl/α,β-unsaturated/α-hetero) is 1. The molecule has 3 rings (SSSR count). The second kappa shape index (κ2) is 5.40. The predicted molar refractivity (Wildman–Crippen MR) is 77.0 cm³/mol. The number of aryl methyl sites for hydroxylation is 1. The Hall–Kier alpha value is -1.62. The summed E-state index contributed by atoms with van der Waals surface area (Å²) in [4.78, 5) is 20.6. The van der Waals surface area contributed by atoms with E-state index in [4.69, 9.17) is 0 Å². The van der Waals surface area contributed by atoms with Crippen LogP contribution in [0.3, 0.4) is 0 Å². The molecular weight excluding hydrogens is 323 g/mol. The number of hydrogen-bond acceptors (Lipinski definition) is 3. The fourth-order valence-electron chi connectivity index (χ4n) is 2.38. The molecule has 0 fully saturated rings. The van der Waals surface area contributed by atoms with Crippen LogP contribution in [0.4, 0.5) is 4.39 Å². The van der Waals surface area contributed by atoms with Crippen LogP contribution in [-0.2, 0) is 6.42 Å². The third kappa shape index (κ3) is 2.63. The van der Waals surface area contributed by atoms with Crippen LogP contribution in [0.25, 0.3) is 11.4 Å². The molecule has 0 aliphatic heterocycles. The average molecular weight is 335 g/mol. The van der Waals surface area contributed by atoms with E-state index >= 15 is 0 Å². The van der Waals surface area contributed by atoms with Gasteiger partial charge in [0.2, 0.25) is 0 Å². The molecule has 2 aromatic rings. The van der Waals surface area contributed by atoms with Crippen LogP contribution < -0.4 is 0 Å². The molecule has 1 aromatic heterocycles. The predicted octanol–water partition coefficient (Wildman–Crippen LogP) is 3.95. The maximum atomic E-state index is 13.4. The number of benzene rings is 1. The van der Waals surface area contributed by atoms with Crippen molar-refractivity contribution in [2.45, 2.75) is 25.7 Å². The lowest BCUT2D eigenvalue weighted by Gasteiger charge is -2.07. The van der Waals surface area contributed by atoms with Crippen molar-refractivity contribution in [2.75, 3.05) is 0 Å². The molecule has 1 aliphatic rings. The minimum absolute atomic E-state index is 0.101. The first-order chi connectivity index (χ1) is 9.63. The van der Waals surface area contributed by atoms with E-state index in [1.807, 2.05) is 0 Å². The van der Waals surface area contributed by atoms with Gasteiger partial charge in [0, 0.05) is 22.7 Å². The molecule has 1 aromatic carbocycles. The summed E-state index contributed by atoms with van der Waals surface area (Å²) >= 11 is 3.26. The third-order valence-corrected chi connectivity index (χ3v) is 3.81. The van der Waals surface area contributed by atoms with Gasteiger partial charge in [0.15, 0.2) is 11.6 Å². The van der Waals surface area contributed by atoms with Gasteiger partial charge in [0.1, 0.15) is 5.82 Å². The van der Waals surface area contributed by atoms with Crippen LogP contribution in [0.5, 0.6) is 0 Å². The minimum Gasteiger partial charge on any atom is -0.294 e. The molecule has 1 heterocycles. The molecule has 0 amide bonds. The van der Waals surface area contributed by atoms with E-state index in [2.05, 4.69) is 25.9 Å². The molecule has 0 saturated heterocycles. The van der Waals surface area contributed by atoms with E-state index in [1.165, 1.54) is 12.1 Å². The summed E-state index contributed by atoms with van der Waals surface area (Å²) in [5, 5.41) is 0. The van der Waals surface area contributed by atoms with Crippen molar-refractivity contribution in [1.29, 1.82) is 0 Å². The van der Waals surface area contributed by atoms with Crippen molar-refractivity contribution in [3.05, 3.63) is 45.9 Å². The van der Waals surface area contributed by atoms with Gasteiger partial charge in [-0.2, -0.15) is 0 Å². The lowest BCUT2D eigenvalue weighted by Crippen LogP contribution is -2.05. The highest BCUT2D eigenvalue weighted by Gasteiger charge is 2.18. The molecule has 3 nitrogen and oxygen atoms in total. The van der Waals surface area contributed by atoms with E-state index in [-0.39, 0.29) is 11.6 Å². The molecular formula is C15H12BrFN2O. The number of rotatable bonds is 1. The Bertz CT molecular complexity index is 667. The summed E-state index contributed by atoms with van der Waals surface area (Å²) < 4.78 is 14.1. The molecule has 0 bridgehead atoms.